The van der Waals surface area contributed by atoms with Crippen LogP contribution in [0.15, 0.2) is 36.4 Å². The van der Waals surface area contributed by atoms with Crippen LogP contribution in [-0.4, -0.2) is 11.5 Å². The molecular formula is C16H18S. The zero-order valence-corrected chi connectivity index (χ0v) is 10.9. The normalized spacial score (nSPS) is 38.4. The Hall–Kier alpha value is -0.690. The summed E-state index contributed by atoms with van der Waals surface area (Å²) in [5, 5.41) is 0. The SMILES string of the molecule is C1=CC[C@@]23CSC[C@@]2(C1)Cc1ccccc1C3. The van der Waals surface area contributed by atoms with Crippen LogP contribution >= 0.6 is 11.8 Å². The van der Waals surface area contributed by atoms with E-state index in [9.17, 15) is 0 Å². The van der Waals surface area contributed by atoms with E-state index in [0.717, 1.165) is 0 Å². The first-order valence-electron chi connectivity index (χ1n) is 6.63. The molecule has 0 saturated carbocycles. The van der Waals surface area contributed by atoms with Crippen molar-refractivity contribution in [1.29, 1.82) is 0 Å². The summed E-state index contributed by atoms with van der Waals surface area (Å²) in [4.78, 5) is 0. The number of fused-ring (bicyclic) bond motifs is 1. The van der Waals surface area contributed by atoms with Crippen molar-refractivity contribution < 1.29 is 0 Å². The van der Waals surface area contributed by atoms with Crippen LogP contribution in [-0.2, 0) is 12.8 Å². The summed E-state index contributed by atoms with van der Waals surface area (Å²) in [5.74, 6) is 2.76. The summed E-state index contributed by atoms with van der Waals surface area (Å²) in [7, 11) is 0. The van der Waals surface area contributed by atoms with Crippen LogP contribution < -0.4 is 0 Å². The van der Waals surface area contributed by atoms with Gasteiger partial charge in [0.25, 0.3) is 0 Å². The zero-order chi connectivity index (χ0) is 11.3. The topological polar surface area (TPSA) is 0 Å². The van der Waals surface area contributed by atoms with Gasteiger partial charge in [0.05, 0.1) is 0 Å². The molecule has 1 fully saturated rings. The number of thioether (sulfide) groups is 1. The van der Waals surface area contributed by atoms with E-state index in [1.54, 1.807) is 11.1 Å². The van der Waals surface area contributed by atoms with Crippen molar-refractivity contribution in [1.82, 2.24) is 0 Å². The molecule has 4 rings (SSSR count). The Morgan fingerprint density at radius 1 is 0.824 bits per heavy atom. The van der Waals surface area contributed by atoms with Gasteiger partial charge in [0.1, 0.15) is 0 Å². The second kappa shape index (κ2) is 3.41. The maximum absolute atomic E-state index is 2.44. The molecule has 0 bridgehead atoms. The molecule has 0 amide bonds. The highest BCUT2D eigenvalue weighted by atomic mass is 32.2. The highest BCUT2D eigenvalue weighted by molar-refractivity contribution is 7.99. The minimum Gasteiger partial charge on any atom is -0.161 e. The minimum atomic E-state index is 0.584. The highest BCUT2D eigenvalue weighted by Gasteiger charge is 2.56. The molecule has 1 saturated heterocycles. The first-order chi connectivity index (χ1) is 8.34. The lowest BCUT2D eigenvalue weighted by Crippen LogP contribution is -2.48. The van der Waals surface area contributed by atoms with Gasteiger partial charge < -0.3 is 0 Å². The van der Waals surface area contributed by atoms with E-state index in [1.807, 2.05) is 0 Å². The first kappa shape index (κ1) is 10.3. The Bertz CT molecular complexity index is 447. The van der Waals surface area contributed by atoms with Gasteiger partial charge in [0.2, 0.25) is 0 Å². The molecular weight excluding hydrogens is 224 g/mol. The zero-order valence-electron chi connectivity index (χ0n) is 10.1. The molecule has 1 aromatic rings. The van der Waals surface area contributed by atoms with Gasteiger partial charge in [0.15, 0.2) is 0 Å². The van der Waals surface area contributed by atoms with Crippen molar-refractivity contribution >= 4 is 11.8 Å². The lowest BCUT2D eigenvalue weighted by molar-refractivity contribution is 0.0756. The molecule has 1 heterocycles. The van der Waals surface area contributed by atoms with Gasteiger partial charge in [0, 0.05) is 11.5 Å². The quantitative estimate of drug-likeness (QED) is 0.623. The van der Waals surface area contributed by atoms with Gasteiger partial charge in [-0.25, -0.2) is 0 Å². The molecule has 0 aromatic heterocycles. The fourth-order valence-corrected chi connectivity index (χ4v) is 6.11. The molecule has 2 atom stereocenters. The van der Waals surface area contributed by atoms with Crippen molar-refractivity contribution in [3.63, 3.8) is 0 Å². The third kappa shape index (κ3) is 1.26. The second-order valence-electron chi connectivity index (χ2n) is 6.06. The van der Waals surface area contributed by atoms with Crippen LogP contribution in [0.5, 0.6) is 0 Å². The van der Waals surface area contributed by atoms with Crippen LogP contribution in [0.3, 0.4) is 0 Å². The van der Waals surface area contributed by atoms with Crippen LogP contribution in [0.4, 0.5) is 0 Å². The minimum absolute atomic E-state index is 0.584. The Kier molecular flexibility index (Phi) is 2.06. The summed E-state index contributed by atoms with van der Waals surface area (Å²) in [5.41, 5.74) is 4.42. The third-order valence-electron chi connectivity index (χ3n) is 5.24. The second-order valence-corrected chi connectivity index (χ2v) is 7.04. The van der Waals surface area contributed by atoms with Crippen molar-refractivity contribution in [3.8, 4) is 0 Å². The molecule has 0 unspecified atom stereocenters. The Morgan fingerprint density at radius 2 is 1.35 bits per heavy atom. The molecule has 0 radical (unpaired) electrons. The van der Waals surface area contributed by atoms with Crippen molar-refractivity contribution in [2.24, 2.45) is 10.8 Å². The van der Waals surface area contributed by atoms with E-state index in [2.05, 4.69) is 48.2 Å². The van der Waals surface area contributed by atoms with Crippen molar-refractivity contribution in [2.45, 2.75) is 25.7 Å². The Balaban J connectivity index is 1.87. The molecule has 0 N–H and O–H groups in total. The van der Waals surface area contributed by atoms with E-state index in [-0.39, 0.29) is 0 Å². The molecule has 17 heavy (non-hydrogen) atoms. The molecule has 3 aliphatic rings. The molecule has 1 aliphatic heterocycles. The number of hydrogen-bond acceptors (Lipinski definition) is 1. The van der Waals surface area contributed by atoms with Crippen LogP contribution in [0.2, 0.25) is 0 Å². The number of hydrogen-bond donors (Lipinski definition) is 0. The van der Waals surface area contributed by atoms with Crippen molar-refractivity contribution in [2.75, 3.05) is 11.5 Å². The summed E-state index contributed by atoms with van der Waals surface area (Å²) in [6.07, 6.45) is 10.2. The standard InChI is InChI=1S/C16H18S/c1-2-6-14-10-16-8-4-3-7-15(16,11-17-12-16)9-13(14)5-1/h1-6H,7-12H2/t15-,16-/m1/s1. The lowest BCUT2D eigenvalue weighted by Gasteiger charge is -2.51. The molecule has 0 spiro atoms. The Morgan fingerprint density at radius 3 is 1.88 bits per heavy atom. The number of benzene rings is 1. The molecule has 1 aromatic carbocycles. The molecule has 1 heteroatoms. The fraction of sp³-hybridized carbons (Fsp3) is 0.500. The van der Waals surface area contributed by atoms with E-state index < -0.39 is 0 Å². The van der Waals surface area contributed by atoms with Crippen LogP contribution in [0, 0.1) is 10.8 Å². The predicted octanol–water partition coefficient (Wildman–Crippen LogP) is 3.85. The van der Waals surface area contributed by atoms with Gasteiger partial charge in [-0.05, 0) is 47.6 Å². The number of allylic oxidation sites excluding steroid dienone is 2. The van der Waals surface area contributed by atoms with Gasteiger partial charge in [-0.1, -0.05) is 36.4 Å². The molecule has 2 aliphatic carbocycles. The van der Waals surface area contributed by atoms with Crippen LogP contribution in [0.1, 0.15) is 24.0 Å². The Labute approximate surface area is 107 Å². The summed E-state index contributed by atoms with van der Waals surface area (Å²) < 4.78 is 0. The van der Waals surface area contributed by atoms with Gasteiger partial charge >= 0.3 is 0 Å². The molecule has 88 valence electrons. The summed E-state index contributed by atoms with van der Waals surface area (Å²) in [6, 6.07) is 9.14. The predicted molar refractivity (Wildman–Crippen MR) is 74.4 cm³/mol. The maximum atomic E-state index is 2.44. The average molecular weight is 242 g/mol. The lowest BCUT2D eigenvalue weighted by atomic mass is 9.52. The van der Waals surface area contributed by atoms with E-state index in [4.69, 9.17) is 0 Å². The average Bonchev–Trinajstić information content (AvgIpc) is 2.73. The largest absolute Gasteiger partial charge is 0.161 e. The monoisotopic (exact) mass is 242 g/mol. The fourth-order valence-electron chi connectivity index (χ4n) is 4.17. The maximum Gasteiger partial charge on any atom is 0.000143 e. The highest BCUT2D eigenvalue weighted by Crippen LogP contribution is 2.62. The van der Waals surface area contributed by atoms with Crippen molar-refractivity contribution in [3.05, 3.63) is 47.5 Å². The summed E-state index contributed by atoms with van der Waals surface area (Å²) >= 11 is 2.20. The number of rotatable bonds is 0. The third-order valence-corrected chi connectivity index (χ3v) is 6.76. The van der Waals surface area contributed by atoms with Gasteiger partial charge in [-0.2, -0.15) is 11.8 Å². The van der Waals surface area contributed by atoms with Crippen LogP contribution in [0.25, 0.3) is 0 Å². The van der Waals surface area contributed by atoms with E-state index in [0.29, 0.717) is 10.8 Å². The van der Waals surface area contributed by atoms with Gasteiger partial charge in [-0.15, -0.1) is 0 Å². The first-order valence-corrected chi connectivity index (χ1v) is 7.79. The summed E-state index contributed by atoms with van der Waals surface area (Å²) in [6.45, 7) is 0. The van der Waals surface area contributed by atoms with E-state index >= 15 is 0 Å². The molecule has 0 nitrogen and oxygen atoms in total. The smallest absolute Gasteiger partial charge is 0.000143 e. The van der Waals surface area contributed by atoms with E-state index in [1.165, 1.54) is 37.2 Å². The van der Waals surface area contributed by atoms with Gasteiger partial charge in [-0.3, -0.25) is 0 Å².